The molecule has 0 spiro atoms. The van der Waals surface area contributed by atoms with Crippen molar-refractivity contribution < 1.29 is 23.9 Å². The predicted octanol–water partition coefficient (Wildman–Crippen LogP) is 1.03. The van der Waals surface area contributed by atoms with Crippen molar-refractivity contribution >= 4 is 18.0 Å². The zero-order valence-electron chi connectivity index (χ0n) is 13.5. The van der Waals surface area contributed by atoms with Gasteiger partial charge in [0.2, 0.25) is 0 Å². The van der Waals surface area contributed by atoms with Crippen LogP contribution >= 0.6 is 0 Å². The van der Waals surface area contributed by atoms with E-state index < -0.39 is 12.0 Å². The molecule has 1 aromatic carbocycles. The first-order valence-electron chi connectivity index (χ1n) is 7.94. The molecule has 0 aliphatic carbocycles. The number of methoxy groups -OCH3 is 1. The summed E-state index contributed by atoms with van der Waals surface area (Å²) in [5, 5.41) is 0. The number of carbonyl (C=O) groups excluding carboxylic acids is 3. The predicted molar refractivity (Wildman–Crippen MR) is 83.8 cm³/mol. The highest BCUT2D eigenvalue weighted by Crippen LogP contribution is 2.25. The van der Waals surface area contributed by atoms with Crippen LogP contribution in [-0.4, -0.2) is 60.6 Å². The summed E-state index contributed by atoms with van der Waals surface area (Å²) < 4.78 is 9.95. The molecule has 24 heavy (non-hydrogen) atoms. The number of ether oxygens (including phenoxy) is 2. The standard InChI is InChI=1S/C17H20N2O5/c1-23-16(21)14-10-19(14)17(22)18-8-7-13(9-18)15(20)24-11-12-5-3-2-4-6-12/h2-6,13-14H,7-11H2,1H3/t13-,14-,19?/m0/s1. The monoisotopic (exact) mass is 332 g/mol. The molecular formula is C17H20N2O5. The lowest BCUT2D eigenvalue weighted by Gasteiger charge is -2.17. The molecule has 1 aromatic rings. The van der Waals surface area contributed by atoms with E-state index in [2.05, 4.69) is 4.74 Å². The topological polar surface area (TPSA) is 75.9 Å². The highest BCUT2D eigenvalue weighted by atomic mass is 16.5. The largest absolute Gasteiger partial charge is 0.467 e. The molecule has 2 aliphatic heterocycles. The van der Waals surface area contributed by atoms with Crippen LogP contribution in [0.5, 0.6) is 0 Å². The van der Waals surface area contributed by atoms with Gasteiger partial charge in [0.1, 0.15) is 12.6 Å². The van der Waals surface area contributed by atoms with Crippen molar-refractivity contribution in [2.45, 2.75) is 19.1 Å². The number of hydrogen-bond acceptors (Lipinski definition) is 5. The fourth-order valence-electron chi connectivity index (χ4n) is 2.84. The molecule has 2 saturated heterocycles. The molecule has 2 aliphatic rings. The second-order valence-electron chi connectivity index (χ2n) is 6.00. The Hall–Kier alpha value is -2.57. The molecule has 0 N–H and O–H groups in total. The van der Waals surface area contributed by atoms with Crippen LogP contribution in [0.4, 0.5) is 4.79 Å². The summed E-state index contributed by atoms with van der Waals surface area (Å²) in [4.78, 5) is 38.9. The molecule has 0 saturated carbocycles. The van der Waals surface area contributed by atoms with Crippen LogP contribution in [0.1, 0.15) is 12.0 Å². The minimum absolute atomic E-state index is 0.219. The second kappa shape index (κ2) is 6.90. The van der Waals surface area contributed by atoms with Crippen LogP contribution in [-0.2, 0) is 25.7 Å². The number of likely N-dealkylation sites (tertiary alicyclic amines) is 1. The minimum atomic E-state index is -0.480. The van der Waals surface area contributed by atoms with Crippen molar-refractivity contribution in [3.05, 3.63) is 35.9 Å². The lowest BCUT2D eigenvalue weighted by Crippen LogP contribution is -2.35. The summed E-state index contributed by atoms with van der Waals surface area (Å²) in [7, 11) is 1.30. The Morgan fingerprint density at radius 1 is 1.12 bits per heavy atom. The van der Waals surface area contributed by atoms with Gasteiger partial charge in [-0.05, 0) is 12.0 Å². The maximum atomic E-state index is 12.3. The molecule has 2 heterocycles. The van der Waals surface area contributed by atoms with Crippen molar-refractivity contribution in [2.24, 2.45) is 5.92 Å². The second-order valence-corrected chi connectivity index (χ2v) is 6.00. The van der Waals surface area contributed by atoms with Crippen molar-refractivity contribution in [1.82, 2.24) is 9.80 Å². The molecule has 0 unspecified atom stereocenters. The van der Waals surface area contributed by atoms with Gasteiger partial charge in [-0.25, -0.2) is 9.59 Å². The van der Waals surface area contributed by atoms with Gasteiger partial charge in [-0.2, -0.15) is 0 Å². The lowest BCUT2D eigenvalue weighted by molar-refractivity contribution is -0.149. The number of urea groups is 1. The van der Waals surface area contributed by atoms with E-state index in [1.807, 2.05) is 30.3 Å². The van der Waals surface area contributed by atoms with Crippen molar-refractivity contribution in [1.29, 1.82) is 0 Å². The number of carbonyl (C=O) groups is 3. The Morgan fingerprint density at radius 2 is 1.88 bits per heavy atom. The zero-order valence-corrected chi connectivity index (χ0v) is 13.5. The van der Waals surface area contributed by atoms with E-state index >= 15 is 0 Å². The lowest BCUT2D eigenvalue weighted by atomic mass is 10.1. The molecular weight excluding hydrogens is 312 g/mol. The van der Waals surface area contributed by atoms with E-state index in [1.165, 1.54) is 12.0 Å². The van der Waals surface area contributed by atoms with Crippen molar-refractivity contribution in [3.63, 3.8) is 0 Å². The summed E-state index contributed by atoms with van der Waals surface area (Å²) in [6, 6.07) is 8.77. The van der Waals surface area contributed by atoms with E-state index in [0.717, 1.165) is 5.56 Å². The van der Waals surface area contributed by atoms with Crippen molar-refractivity contribution in [2.75, 3.05) is 26.7 Å². The van der Waals surface area contributed by atoms with E-state index in [9.17, 15) is 14.4 Å². The molecule has 128 valence electrons. The fourth-order valence-corrected chi connectivity index (χ4v) is 2.84. The Morgan fingerprint density at radius 3 is 2.58 bits per heavy atom. The van der Waals surface area contributed by atoms with E-state index in [1.54, 1.807) is 4.90 Å². The summed E-state index contributed by atoms with van der Waals surface area (Å²) in [5.41, 5.74) is 0.932. The highest BCUT2D eigenvalue weighted by Gasteiger charge is 2.48. The molecule has 0 radical (unpaired) electrons. The van der Waals surface area contributed by atoms with Crippen LogP contribution < -0.4 is 0 Å². The zero-order chi connectivity index (χ0) is 17.1. The third-order valence-electron chi connectivity index (χ3n) is 4.35. The van der Waals surface area contributed by atoms with Crippen LogP contribution in [0.25, 0.3) is 0 Å². The van der Waals surface area contributed by atoms with Gasteiger partial charge in [-0.1, -0.05) is 30.3 Å². The van der Waals surface area contributed by atoms with Gasteiger partial charge in [0.25, 0.3) is 0 Å². The summed E-state index contributed by atoms with van der Waals surface area (Å²) in [5.74, 6) is -1.000. The molecule has 0 bridgehead atoms. The van der Waals surface area contributed by atoms with E-state index in [0.29, 0.717) is 26.1 Å². The van der Waals surface area contributed by atoms with Crippen LogP contribution in [0, 0.1) is 5.92 Å². The molecule has 2 fully saturated rings. The molecule has 0 aromatic heterocycles. The Bertz CT molecular complexity index is 633. The smallest absolute Gasteiger partial charge is 0.330 e. The SMILES string of the molecule is COC(=O)[C@@H]1CN1C(=O)N1CC[C@H](C(=O)OCc2ccccc2)C1. The number of benzene rings is 1. The fraction of sp³-hybridized carbons (Fsp3) is 0.471. The van der Waals surface area contributed by atoms with Gasteiger partial charge in [-0.15, -0.1) is 0 Å². The first-order valence-corrected chi connectivity index (χ1v) is 7.94. The maximum absolute atomic E-state index is 12.3. The first-order chi connectivity index (χ1) is 11.6. The number of hydrogen-bond donors (Lipinski definition) is 0. The number of nitrogens with zero attached hydrogens (tertiary/aromatic N) is 2. The Balaban J connectivity index is 1.46. The number of esters is 2. The normalized spacial score (nSPS) is 22.2. The van der Waals surface area contributed by atoms with E-state index in [4.69, 9.17) is 4.74 Å². The highest BCUT2D eigenvalue weighted by molar-refractivity contribution is 5.89. The van der Waals surface area contributed by atoms with Crippen molar-refractivity contribution in [3.8, 4) is 0 Å². The van der Waals surface area contributed by atoms with Gasteiger partial charge < -0.3 is 19.3 Å². The van der Waals surface area contributed by atoms with Gasteiger partial charge >= 0.3 is 18.0 Å². The van der Waals surface area contributed by atoms with Gasteiger partial charge in [0, 0.05) is 13.1 Å². The van der Waals surface area contributed by atoms with E-state index in [-0.39, 0.29) is 24.5 Å². The molecule has 3 rings (SSSR count). The third-order valence-corrected chi connectivity index (χ3v) is 4.35. The molecule has 2 amide bonds. The molecule has 7 nitrogen and oxygen atoms in total. The average molecular weight is 332 g/mol. The van der Waals surface area contributed by atoms with Gasteiger partial charge in [0.15, 0.2) is 0 Å². The van der Waals surface area contributed by atoms with Crippen LogP contribution in [0.15, 0.2) is 30.3 Å². The van der Waals surface area contributed by atoms with Gasteiger partial charge in [0.05, 0.1) is 19.6 Å². The third kappa shape index (κ3) is 3.50. The van der Waals surface area contributed by atoms with Crippen LogP contribution in [0.2, 0.25) is 0 Å². The molecule has 7 heteroatoms. The quantitative estimate of drug-likeness (QED) is 0.608. The van der Waals surface area contributed by atoms with Crippen LogP contribution in [0.3, 0.4) is 0 Å². The average Bonchev–Trinajstić information content (AvgIpc) is 3.27. The Kier molecular flexibility index (Phi) is 4.69. The van der Waals surface area contributed by atoms with Gasteiger partial charge in [-0.3, -0.25) is 4.79 Å². The summed E-state index contributed by atoms with van der Waals surface area (Å²) in [6.07, 6.45) is 0.579. The number of rotatable bonds is 4. The summed E-state index contributed by atoms with van der Waals surface area (Å²) >= 11 is 0. The number of amides is 2. The summed E-state index contributed by atoms with van der Waals surface area (Å²) in [6.45, 7) is 1.44. The minimum Gasteiger partial charge on any atom is -0.467 e. The first kappa shape index (κ1) is 16.3. The Labute approximate surface area is 140 Å². The molecule has 2 atom stereocenters. The maximum Gasteiger partial charge on any atom is 0.330 e.